The number of aliphatic hydroxyl groups is 1. The van der Waals surface area contributed by atoms with Crippen molar-refractivity contribution in [3.05, 3.63) is 48.0 Å². The number of hydrogen-bond donors (Lipinski definition) is 1. The molecule has 1 aromatic heterocycles. The molecule has 4 heterocycles. The van der Waals surface area contributed by atoms with Gasteiger partial charge in [-0.3, -0.25) is 9.59 Å². The maximum Gasteiger partial charge on any atom is 0.333 e. The first-order valence-electron chi connectivity index (χ1n) is 14.0. The topological polar surface area (TPSA) is 122 Å². The van der Waals surface area contributed by atoms with Crippen LogP contribution in [0.5, 0.6) is 0 Å². The van der Waals surface area contributed by atoms with Gasteiger partial charge in [-0.1, -0.05) is 39.0 Å². The first-order valence-corrected chi connectivity index (χ1v) is 14.0. The second-order valence-electron chi connectivity index (χ2n) is 13.2. The van der Waals surface area contributed by atoms with E-state index in [1.807, 2.05) is 26.0 Å². The molecule has 1 N–H and O–H groups in total. The van der Waals surface area contributed by atoms with Crippen LogP contribution in [0.4, 0.5) is 0 Å². The van der Waals surface area contributed by atoms with E-state index in [1.54, 1.807) is 19.5 Å². The predicted molar refractivity (Wildman–Crippen MR) is 140 cm³/mol. The summed E-state index contributed by atoms with van der Waals surface area (Å²) < 4.78 is 28.8. The molecule has 2 saturated carbocycles. The van der Waals surface area contributed by atoms with Crippen LogP contribution < -0.4 is 0 Å². The van der Waals surface area contributed by atoms with Gasteiger partial charge in [0.05, 0.1) is 38.6 Å². The number of carbonyl (C=O) groups is 3. The number of rotatable bonds is 5. The standard InChI is InChI=1S/C31H38O9/c1-16(2)27(34)40-26-21-11-18-19(30(5)22(13-23(32)36-6)29(26,4)15-38-31(21,30)35)7-9-28(3)20(18)12-24(33)39-25(28)17-8-10-37-14-17/h8,10-11,14,19-22,25-26,35H,1,7,9,12-13,15H2,2-6H3/t19-,20-,21-,22-,25-,26+,28+,29-,30+,31+/m0/s1. The van der Waals surface area contributed by atoms with Crippen molar-refractivity contribution in [2.75, 3.05) is 13.7 Å². The molecule has 5 fully saturated rings. The van der Waals surface area contributed by atoms with Crippen LogP contribution in [0.2, 0.25) is 0 Å². The molecule has 0 radical (unpaired) electrons. The molecule has 10 atom stereocenters. The maximum absolute atomic E-state index is 13.0. The van der Waals surface area contributed by atoms with E-state index in [2.05, 4.69) is 13.5 Å². The summed E-state index contributed by atoms with van der Waals surface area (Å²) in [5.74, 6) is -4.43. The van der Waals surface area contributed by atoms with Crippen molar-refractivity contribution in [1.82, 2.24) is 0 Å². The molecule has 9 heteroatoms. The zero-order valence-electron chi connectivity index (χ0n) is 23.7. The Bertz CT molecular complexity index is 1300. The predicted octanol–water partition coefficient (Wildman–Crippen LogP) is 4.27. The first-order chi connectivity index (χ1) is 18.8. The molecule has 0 spiro atoms. The third-order valence-corrected chi connectivity index (χ3v) is 11.2. The molecule has 4 bridgehead atoms. The Hall–Kier alpha value is -2.91. The largest absolute Gasteiger partial charge is 0.472 e. The first kappa shape index (κ1) is 27.3. The summed E-state index contributed by atoms with van der Waals surface area (Å²) in [6, 6.07) is 1.83. The van der Waals surface area contributed by atoms with Crippen LogP contribution in [-0.2, 0) is 33.3 Å². The van der Waals surface area contributed by atoms with E-state index in [1.165, 1.54) is 7.11 Å². The molecule has 7 rings (SSSR count). The number of ether oxygens (including phenoxy) is 4. The lowest BCUT2D eigenvalue weighted by atomic mass is 9.37. The van der Waals surface area contributed by atoms with E-state index < -0.39 is 58.0 Å². The lowest BCUT2D eigenvalue weighted by Crippen LogP contribution is -2.80. The average Bonchev–Trinajstić information content (AvgIpc) is 3.44. The van der Waals surface area contributed by atoms with Crippen molar-refractivity contribution in [3.63, 3.8) is 0 Å². The molecule has 6 aliphatic rings. The van der Waals surface area contributed by atoms with Gasteiger partial charge in [0.1, 0.15) is 12.2 Å². The van der Waals surface area contributed by atoms with Crippen LogP contribution in [0.3, 0.4) is 0 Å². The van der Waals surface area contributed by atoms with Gasteiger partial charge in [-0.25, -0.2) is 4.79 Å². The van der Waals surface area contributed by atoms with Crippen molar-refractivity contribution in [2.24, 2.45) is 39.9 Å². The highest BCUT2D eigenvalue weighted by atomic mass is 16.6. The lowest BCUT2D eigenvalue weighted by molar-refractivity contribution is -0.427. The van der Waals surface area contributed by atoms with Crippen molar-refractivity contribution in [1.29, 1.82) is 0 Å². The zero-order valence-corrected chi connectivity index (χ0v) is 23.7. The Balaban J connectivity index is 1.52. The Morgan fingerprint density at radius 2 is 1.95 bits per heavy atom. The number of carbonyl (C=O) groups excluding carboxylic acids is 3. The van der Waals surface area contributed by atoms with Crippen LogP contribution in [0, 0.1) is 39.9 Å². The molecule has 3 saturated heterocycles. The fraction of sp³-hybridized carbons (Fsp3) is 0.645. The number of esters is 3. The normalized spacial score (nSPS) is 45.0. The minimum Gasteiger partial charge on any atom is -0.472 e. The quantitative estimate of drug-likeness (QED) is 0.246. The van der Waals surface area contributed by atoms with Gasteiger partial charge in [-0.15, -0.1) is 0 Å². The fourth-order valence-corrected chi connectivity index (χ4v) is 9.14. The minimum atomic E-state index is -1.69. The Kier molecular flexibility index (Phi) is 5.99. The smallest absolute Gasteiger partial charge is 0.333 e. The van der Waals surface area contributed by atoms with Gasteiger partial charge in [-0.2, -0.15) is 0 Å². The van der Waals surface area contributed by atoms with Crippen molar-refractivity contribution in [2.45, 2.75) is 71.4 Å². The van der Waals surface area contributed by atoms with Crippen LogP contribution in [0.1, 0.15) is 65.0 Å². The number of methoxy groups -OCH3 is 1. The second kappa shape index (κ2) is 8.79. The summed E-state index contributed by atoms with van der Waals surface area (Å²) in [7, 11) is 1.35. The van der Waals surface area contributed by atoms with Crippen LogP contribution in [0.25, 0.3) is 0 Å². The van der Waals surface area contributed by atoms with E-state index in [0.717, 1.165) is 17.6 Å². The highest BCUT2D eigenvalue weighted by molar-refractivity contribution is 5.87. The number of fused-ring (bicyclic) bond motifs is 4. The summed E-state index contributed by atoms with van der Waals surface area (Å²) in [4.78, 5) is 38.8. The molecular formula is C31H38O9. The van der Waals surface area contributed by atoms with Gasteiger partial charge in [0, 0.05) is 33.8 Å². The number of allylic oxidation sites excluding steroid dienone is 1. The monoisotopic (exact) mass is 554 g/mol. The van der Waals surface area contributed by atoms with E-state index in [4.69, 9.17) is 23.4 Å². The van der Waals surface area contributed by atoms with Crippen molar-refractivity contribution in [3.8, 4) is 0 Å². The summed E-state index contributed by atoms with van der Waals surface area (Å²) in [5.41, 5.74) is -0.0209. The van der Waals surface area contributed by atoms with Gasteiger partial charge in [-0.05, 0) is 43.6 Å². The van der Waals surface area contributed by atoms with E-state index in [9.17, 15) is 19.5 Å². The highest BCUT2D eigenvalue weighted by Crippen LogP contribution is 2.74. The van der Waals surface area contributed by atoms with Crippen molar-refractivity contribution >= 4 is 17.9 Å². The van der Waals surface area contributed by atoms with Crippen LogP contribution in [0.15, 0.2) is 46.8 Å². The molecule has 3 aliphatic heterocycles. The van der Waals surface area contributed by atoms with Crippen LogP contribution in [-0.4, -0.2) is 48.6 Å². The maximum atomic E-state index is 13.0. The summed E-state index contributed by atoms with van der Waals surface area (Å²) >= 11 is 0. The minimum absolute atomic E-state index is 0.0361. The Morgan fingerprint density at radius 1 is 1.20 bits per heavy atom. The average molecular weight is 555 g/mol. The molecule has 40 heavy (non-hydrogen) atoms. The van der Waals surface area contributed by atoms with Gasteiger partial charge in [0.15, 0.2) is 5.79 Å². The number of cyclic esters (lactones) is 1. The lowest BCUT2D eigenvalue weighted by Gasteiger charge is -2.73. The SMILES string of the molecule is C=C(C)C(=O)O[C@@H]1[C@@H]2C=C3[C@@H]4CC(=O)O[C@@H](c5ccoc5)[C@]4(C)CC[C@@H]3[C@]3(C)[C@@H](CC(=O)OC)[C@]1(C)CO[C@]23O. The molecule has 9 nitrogen and oxygen atoms in total. The summed E-state index contributed by atoms with van der Waals surface area (Å²) in [6.45, 7) is 11.6. The summed E-state index contributed by atoms with van der Waals surface area (Å²) in [6.07, 6.45) is 5.62. The van der Waals surface area contributed by atoms with E-state index >= 15 is 0 Å². The van der Waals surface area contributed by atoms with Gasteiger partial charge in [0.25, 0.3) is 0 Å². The zero-order chi connectivity index (χ0) is 28.8. The molecular weight excluding hydrogens is 516 g/mol. The second-order valence-corrected chi connectivity index (χ2v) is 13.2. The fourth-order valence-electron chi connectivity index (χ4n) is 9.14. The third kappa shape index (κ3) is 3.36. The third-order valence-electron chi connectivity index (χ3n) is 11.2. The molecule has 0 unspecified atom stereocenters. The number of furan rings is 1. The molecule has 216 valence electrons. The van der Waals surface area contributed by atoms with Crippen LogP contribution >= 0.6 is 0 Å². The van der Waals surface area contributed by atoms with Gasteiger partial charge >= 0.3 is 17.9 Å². The highest BCUT2D eigenvalue weighted by Gasteiger charge is 2.79. The molecule has 0 aromatic carbocycles. The van der Waals surface area contributed by atoms with Gasteiger partial charge < -0.3 is 28.5 Å². The summed E-state index contributed by atoms with van der Waals surface area (Å²) in [5, 5.41) is 12.5. The van der Waals surface area contributed by atoms with Crippen molar-refractivity contribution < 1.29 is 42.9 Å². The Labute approximate surface area is 233 Å². The van der Waals surface area contributed by atoms with Gasteiger partial charge in [0.2, 0.25) is 0 Å². The van der Waals surface area contributed by atoms with E-state index in [-0.39, 0.29) is 42.8 Å². The molecule has 3 aliphatic carbocycles. The Morgan fingerprint density at radius 3 is 2.60 bits per heavy atom. The molecule has 1 aromatic rings. The van der Waals surface area contributed by atoms with E-state index in [0.29, 0.717) is 6.42 Å². The number of hydrogen-bond acceptors (Lipinski definition) is 9. The molecule has 0 amide bonds.